The van der Waals surface area contributed by atoms with Crippen molar-refractivity contribution in [3.05, 3.63) is 47.0 Å². The van der Waals surface area contributed by atoms with E-state index in [-0.39, 0.29) is 36.2 Å². The summed E-state index contributed by atoms with van der Waals surface area (Å²) in [7, 11) is -3.77. The van der Waals surface area contributed by atoms with Gasteiger partial charge in [0, 0.05) is 29.7 Å². The Balaban J connectivity index is 1.38. The molecule has 1 aromatic heterocycles. The normalized spacial score (nSPS) is 18.4. The number of cyclic esters (lactones) is 1. The maximum atomic E-state index is 13.2. The fourth-order valence-electron chi connectivity index (χ4n) is 4.03. The van der Waals surface area contributed by atoms with E-state index in [1.54, 1.807) is 35.2 Å². The van der Waals surface area contributed by atoms with E-state index >= 15 is 0 Å². The predicted molar refractivity (Wildman–Crippen MR) is 108 cm³/mol. The van der Waals surface area contributed by atoms with Gasteiger partial charge >= 0.3 is 6.09 Å². The zero-order valence-corrected chi connectivity index (χ0v) is 17.3. The number of benzene rings is 2. The van der Waals surface area contributed by atoms with Crippen LogP contribution in [0.25, 0.3) is 11.0 Å². The topological polar surface area (TPSA) is 106 Å². The van der Waals surface area contributed by atoms with Gasteiger partial charge in [0.2, 0.25) is 10.0 Å². The van der Waals surface area contributed by atoms with Gasteiger partial charge in [-0.15, -0.1) is 0 Å². The van der Waals surface area contributed by atoms with Crippen molar-refractivity contribution in [2.75, 3.05) is 18.0 Å². The first-order chi connectivity index (χ1) is 14.4. The molecule has 0 atom stereocenters. The molecule has 0 unspecified atom stereocenters. The van der Waals surface area contributed by atoms with E-state index in [9.17, 15) is 13.2 Å². The van der Waals surface area contributed by atoms with Gasteiger partial charge in [-0.3, -0.25) is 4.90 Å². The van der Waals surface area contributed by atoms with Crippen molar-refractivity contribution in [1.82, 2.24) is 14.6 Å². The fourth-order valence-corrected chi connectivity index (χ4v) is 5.83. The second kappa shape index (κ2) is 7.22. The Morgan fingerprint density at radius 1 is 1.10 bits per heavy atom. The molecule has 156 valence electrons. The molecular formula is C19H17ClN4O5S. The molecule has 2 aliphatic rings. The van der Waals surface area contributed by atoms with Crippen molar-refractivity contribution in [1.29, 1.82) is 0 Å². The first-order valence-electron chi connectivity index (χ1n) is 9.41. The number of aromatic nitrogens is 2. The molecule has 2 aliphatic heterocycles. The van der Waals surface area contributed by atoms with Crippen LogP contribution in [0.3, 0.4) is 0 Å². The number of anilines is 1. The number of fused-ring (bicyclic) bond motifs is 2. The third-order valence-corrected chi connectivity index (χ3v) is 7.67. The lowest BCUT2D eigenvalue weighted by Crippen LogP contribution is -2.50. The molecule has 2 aromatic carbocycles. The Kier molecular flexibility index (Phi) is 4.64. The average Bonchev–Trinajstić information content (AvgIpc) is 3.23. The van der Waals surface area contributed by atoms with E-state index in [2.05, 4.69) is 14.9 Å². The molecule has 0 bridgehead atoms. The summed E-state index contributed by atoms with van der Waals surface area (Å²) >= 11 is 6.06. The first kappa shape index (κ1) is 19.3. The molecule has 0 N–H and O–H groups in total. The van der Waals surface area contributed by atoms with E-state index in [1.807, 2.05) is 0 Å². The summed E-state index contributed by atoms with van der Waals surface area (Å²) in [6.45, 7) is 0.705. The van der Waals surface area contributed by atoms with Crippen molar-refractivity contribution < 1.29 is 22.6 Å². The summed E-state index contributed by atoms with van der Waals surface area (Å²) in [5.74, 6) is 0. The monoisotopic (exact) mass is 448 g/mol. The number of hydrogen-bond donors (Lipinski definition) is 0. The molecule has 11 heteroatoms. The first-order valence-corrected chi connectivity index (χ1v) is 11.2. The summed E-state index contributed by atoms with van der Waals surface area (Å²) in [6, 6.07) is 9.89. The van der Waals surface area contributed by atoms with Crippen LogP contribution in [0.15, 0.2) is 45.9 Å². The molecule has 3 heterocycles. The van der Waals surface area contributed by atoms with Gasteiger partial charge in [0.15, 0.2) is 5.52 Å². The van der Waals surface area contributed by atoms with Gasteiger partial charge < -0.3 is 4.74 Å². The number of nitrogens with zero attached hydrogens (tertiary/aromatic N) is 4. The Morgan fingerprint density at radius 3 is 2.70 bits per heavy atom. The second-order valence-electron chi connectivity index (χ2n) is 7.22. The third-order valence-electron chi connectivity index (χ3n) is 5.50. The van der Waals surface area contributed by atoms with Gasteiger partial charge in [-0.1, -0.05) is 17.7 Å². The second-order valence-corrected chi connectivity index (χ2v) is 9.56. The molecule has 3 aromatic rings. The molecule has 9 nitrogen and oxygen atoms in total. The molecule has 0 aliphatic carbocycles. The summed E-state index contributed by atoms with van der Waals surface area (Å²) in [5, 5.41) is 8.02. The number of hydrogen-bond acceptors (Lipinski definition) is 7. The van der Waals surface area contributed by atoms with Gasteiger partial charge in [0.1, 0.15) is 17.0 Å². The van der Waals surface area contributed by atoms with Gasteiger partial charge in [0.25, 0.3) is 0 Å². The van der Waals surface area contributed by atoms with Crippen LogP contribution in [0.2, 0.25) is 5.02 Å². The number of carbonyl (C=O) groups excluding carboxylic acids is 1. The summed E-state index contributed by atoms with van der Waals surface area (Å²) in [5.41, 5.74) is 2.19. The number of amides is 1. The molecule has 0 spiro atoms. The molecule has 30 heavy (non-hydrogen) atoms. The lowest BCUT2D eigenvalue weighted by atomic mass is 10.0. The van der Waals surface area contributed by atoms with Crippen molar-refractivity contribution >= 4 is 44.4 Å². The average molecular weight is 449 g/mol. The molecule has 1 amide bonds. The predicted octanol–water partition coefficient (Wildman–Crippen LogP) is 3.19. The zero-order valence-electron chi connectivity index (χ0n) is 15.7. The summed E-state index contributed by atoms with van der Waals surface area (Å²) in [6.07, 6.45) is 0.525. The molecule has 5 rings (SSSR count). The Hall–Kier alpha value is -2.69. The van der Waals surface area contributed by atoms with Crippen LogP contribution in [0.5, 0.6) is 0 Å². The Labute approximate surface area is 177 Å². The lowest BCUT2D eigenvalue weighted by Gasteiger charge is -2.39. The van der Waals surface area contributed by atoms with E-state index in [4.69, 9.17) is 16.3 Å². The van der Waals surface area contributed by atoms with Crippen LogP contribution in [-0.2, 0) is 21.4 Å². The minimum atomic E-state index is -3.77. The number of piperidine rings is 1. The lowest BCUT2D eigenvalue weighted by molar-refractivity contribution is 0.136. The van der Waals surface area contributed by atoms with E-state index in [0.717, 1.165) is 11.3 Å². The highest BCUT2D eigenvalue weighted by Gasteiger charge is 2.37. The standard InChI is InChI=1S/C19H17ClN4O5S/c20-13-4-5-16-12(10-13)11-28-19(25)24(16)14-6-8-23(9-7-14)30(26,27)17-3-1-2-15-18(17)22-29-21-15/h1-5,10,14H,6-9,11H2. The number of rotatable bonds is 3. The maximum Gasteiger partial charge on any atom is 0.414 e. The van der Waals surface area contributed by atoms with Crippen molar-refractivity contribution in [3.8, 4) is 0 Å². The van der Waals surface area contributed by atoms with Crippen LogP contribution >= 0.6 is 11.6 Å². The van der Waals surface area contributed by atoms with Crippen LogP contribution in [0, 0.1) is 0 Å². The van der Waals surface area contributed by atoms with Crippen molar-refractivity contribution in [2.24, 2.45) is 0 Å². The molecule has 0 saturated carbocycles. The van der Waals surface area contributed by atoms with Crippen LogP contribution < -0.4 is 4.90 Å². The van der Waals surface area contributed by atoms with Crippen molar-refractivity contribution in [2.45, 2.75) is 30.4 Å². The van der Waals surface area contributed by atoms with E-state index in [0.29, 0.717) is 23.4 Å². The molecular weight excluding hydrogens is 432 g/mol. The third kappa shape index (κ3) is 3.11. The smallest absolute Gasteiger partial charge is 0.414 e. The number of ether oxygens (including phenoxy) is 1. The van der Waals surface area contributed by atoms with Crippen LogP contribution in [-0.4, -0.2) is 48.3 Å². The van der Waals surface area contributed by atoms with Gasteiger partial charge in [-0.25, -0.2) is 17.8 Å². The van der Waals surface area contributed by atoms with Gasteiger partial charge in [0.05, 0.1) is 5.69 Å². The summed E-state index contributed by atoms with van der Waals surface area (Å²) in [4.78, 5) is 14.2. The maximum absolute atomic E-state index is 13.2. The van der Waals surface area contributed by atoms with Crippen molar-refractivity contribution in [3.63, 3.8) is 0 Å². The molecule has 1 fully saturated rings. The number of halogens is 1. The zero-order chi connectivity index (χ0) is 20.9. The molecule has 1 saturated heterocycles. The Morgan fingerprint density at radius 2 is 1.90 bits per heavy atom. The quantitative estimate of drug-likeness (QED) is 0.605. The summed E-state index contributed by atoms with van der Waals surface area (Å²) < 4.78 is 37.8. The number of carbonyl (C=O) groups is 1. The SMILES string of the molecule is O=C1OCc2cc(Cl)ccc2N1C1CCN(S(=O)(=O)c2cccc3nonc23)CC1. The largest absolute Gasteiger partial charge is 0.444 e. The highest BCUT2D eigenvalue weighted by Crippen LogP contribution is 2.34. The van der Waals surface area contributed by atoms with E-state index in [1.165, 1.54) is 10.4 Å². The van der Waals surface area contributed by atoms with Gasteiger partial charge in [-0.05, 0) is 53.5 Å². The van der Waals surface area contributed by atoms with E-state index < -0.39 is 16.1 Å². The van der Waals surface area contributed by atoms with Gasteiger partial charge in [-0.2, -0.15) is 4.31 Å². The minimum Gasteiger partial charge on any atom is -0.444 e. The highest BCUT2D eigenvalue weighted by atomic mass is 35.5. The Bertz CT molecular complexity index is 1240. The highest BCUT2D eigenvalue weighted by molar-refractivity contribution is 7.89. The minimum absolute atomic E-state index is 0.0667. The fraction of sp³-hybridized carbons (Fsp3) is 0.316. The van der Waals surface area contributed by atoms with Crippen LogP contribution in [0.1, 0.15) is 18.4 Å². The van der Waals surface area contributed by atoms with Crippen LogP contribution in [0.4, 0.5) is 10.5 Å². The molecule has 0 radical (unpaired) electrons. The number of sulfonamides is 1.